The zero-order valence-electron chi connectivity index (χ0n) is 17.6. The molecule has 2 aromatic carbocycles. The zero-order valence-corrected chi connectivity index (χ0v) is 17.6. The van der Waals surface area contributed by atoms with Crippen LogP contribution in [-0.4, -0.2) is 43.1 Å². The summed E-state index contributed by atoms with van der Waals surface area (Å²) >= 11 is 0. The van der Waals surface area contributed by atoms with Crippen LogP contribution in [0.4, 0.5) is 4.39 Å². The SMILES string of the molecule is O=C(NCCCC1=NC=CC1)c1ccc2nc(-n3ccnn3)c(-c3ccc(F)cc3)nc2c1. The quantitative estimate of drug-likeness (QED) is 0.439. The average Bonchev–Trinajstić information content (AvgIpc) is 3.56. The summed E-state index contributed by atoms with van der Waals surface area (Å²) in [5.41, 5.74) is 3.98. The van der Waals surface area contributed by atoms with Crippen molar-refractivity contribution in [1.82, 2.24) is 30.3 Å². The zero-order chi connectivity index (χ0) is 22.6. The molecule has 0 unspecified atom stereocenters. The van der Waals surface area contributed by atoms with Gasteiger partial charge < -0.3 is 5.32 Å². The molecular formula is C24H20FN7O. The Morgan fingerprint density at radius 1 is 1.09 bits per heavy atom. The van der Waals surface area contributed by atoms with Gasteiger partial charge in [-0.25, -0.2) is 19.0 Å². The van der Waals surface area contributed by atoms with E-state index in [-0.39, 0.29) is 11.7 Å². The minimum absolute atomic E-state index is 0.172. The van der Waals surface area contributed by atoms with Gasteiger partial charge in [0.25, 0.3) is 5.91 Å². The van der Waals surface area contributed by atoms with Gasteiger partial charge in [0.05, 0.1) is 23.4 Å². The number of fused-ring (bicyclic) bond motifs is 1. The first-order chi connectivity index (χ1) is 16.2. The molecule has 9 heteroatoms. The highest BCUT2D eigenvalue weighted by Gasteiger charge is 2.15. The monoisotopic (exact) mass is 441 g/mol. The van der Waals surface area contributed by atoms with Crippen LogP contribution in [-0.2, 0) is 0 Å². The molecule has 4 aromatic rings. The van der Waals surface area contributed by atoms with E-state index in [0.29, 0.717) is 40.2 Å². The van der Waals surface area contributed by atoms with Gasteiger partial charge >= 0.3 is 0 Å². The van der Waals surface area contributed by atoms with E-state index in [9.17, 15) is 9.18 Å². The third kappa shape index (κ3) is 4.52. The molecule has 0 fully saturated rings. The summed E-state index contributed by atoms with van der Waals surface area (Å²) in [6.07, 6.45) is 9.64. The van der Waals surface area contributed by atoms with Crippen LogP contribution in [0.25, 0.3) is 28.1 Å². The maximum Gasteiger partial charge on any atom is 0.251 e. The summed E-state index contributed by atoms with van der Waals surface area (Å²) in [4.78, 5) is 26.4. The molecule has 1 aliphatic heterocycles. The van der Waals surface area contributed by atoms with E-state index in [1.54, 1.807) is 42.7 Å². The van der Waals surface area contributed by atoms with E-state index < -0.39 is 0 Å². The van der Waals surface area contributed by atoms with Crippen LogP contribution in [0.1, 0.15) is 29.6 Å². The molecular weight excluding hydrogens is 421 g/mol. The van der Waals surface area contributed by atoms with E-state index in [1.807, 2.05) is 12.3 Å². The van der Waals surface area contributed by atoms with Crippen LogP contribution in [0.15, 0.2) is 72.1 Å². The van der Waals surface area contributed by atoms with E-state index in [2.05, 4.69) is 25.6 Å². The molecule has 0 saturated carbocycles. The fraction of sp³-hybridized carbons (Fsp3) is 0.167. The molecule has 164 valence electrons. The molecule has 33 heavy (non-hydrogen) atoms. The van der Waals surface area contributed by atoms with Crippen LogP contribution in [0.3, 0.4) is 0 Å². The van der Waals surface area contributed by atoms with Crippen molar-refractivity contribution >= 4 is 22.7 Å². The molecule has 0 bridgehead atoms. The van der Waals surface area contributed by atoms with Gasteiger partial charge in [0.2, 0.25) is 0 Å². The Bertz CT molecular complexity index is 1360. The first-order valence-electron chi connectivity index (χ1n) is 10.6. The maximum absolute atomic E-state index is 13.5. The van der Waals surface area contributed by atoms with Gasteiger partial charge in [-0.1, -0.05) is 11.3 Å². The molecule has 8 nitrogen and oxygen atoms in total. The van der Waals surface area contributed by atoms with E-state index >= 15 is 0 Å². The lowest BCUT2D eigenvalue weighted by Crippen LogP contribution is -2.24. The fourth-order valence-corrected chi connectivity index (χ4v) is 3.63. The van der Waals surface area contributed by atoms with Gasteiger partial charge in [0.15, 0.2) is 5.82 Å². The largest absolute Gasteiger partial charge is 0.352 e. The Hall–Kier alpha value is -4.27. The summed E-state index contributed by atoms with van der Waals surface area (Å²) in [7, 11) is 0. The Morgan fingerprint density at radius 3 is 2.73 bits per heavy atom. The van der Waals surface area contributed by atoms with Gasteiger partial charge in [-0.15, -0.1) is 5.10 Å². The molecule has 1 aliphatic rings. The van der Waals surface area contributed by atoms with Crippen molar-refractivity contribution in [2.75, 3.05) is 6.54 Å². The minimum Gasteiger partial charge on any atom is -0.352 e. The highest BCUT2D eigenvalue weighted by molar-refractivity contribution is 5.97. The number of hydrogen-bond acceptors (Lipinski definition) is 6. The molecule has 0 saturated heterocycles. The number of nitrogens with one attached hydrogen (secondary N) is 1. The predicted octanol–water partition coefficient (Wildman–Crippen LogP) is 3.89. The second kappa shape index (κ2) is 9.07. The van der Waals surface area contributed by atoms with Gasteiger partial charge in [-0.05, 0) is 55.3 Å². The van der Waals surface area contributed by atoms with Gasteiger partial charge in [0.1, 0.15) is 11.5 Å². The highest BCUT2D eigenvalue weighted by atomic mass is 19.1. The summed E-state index contributed by atoms with van der Waals surface area (Å²) in [5, 5.41) is 10.8. The maximum atomic E-state index is 13.5. The fourth-order valence-electron chi connectivity index (χ4n) is 3.63. The van der Waals surface area contributed by atoms with Crippen molar-refractivity contribution < 1.29 is 9.18 Å². The minimum atomic E-state index is -0.343. The number of hydrogen-bond donors (Lipinski definition) is 1. The molecule has 0 atom stereocenters. The van der Waals surface area contributed by atoms with Gasteiger partial charge in [0, 0.05) is 36.0 Å². The number of rotatable bonds is 7. The van der Waals surface area contributed by atoms with Gasteiger partial charge in [-0.2, -0.15) is 0 Å². The third-order valence-corrected chi connectivity index (χ3v) is 5.31. The summed E-state index contributed by atoms with van der Waals surface area (Å²) in [6, 6.07) is 11.2. The number of aliphatic imine (C=N–C) groups is 1. The first-order valence-corrected chi connectivity index (χ1v) is 10.6. The summed E-state index contributed by atoms with van der Waals surface area (Å²) in [6.45, 7) is 0.563. The lowest BCUT2D eigenvalue weighted by Gasteiger charge is -2.11. The van der Waals surface area contributed by atoms with Crippen molar-refractivity contribution in [2.45, 2.75) is 19.3 Å². The Kier molecular flexibility index (Phi) is 5.67. The number of carbonyl (C=O) groups excluding carboxylic acids is 1. The van der Waals surface area contributed by atoms with Crippen molar-refractivity contribution in [1.29, 1.82) is 0 Å². The number of amides is 1. The number of carbonyl (C=O) groups is 1. The highest BCUT2D eigenvalue weighted by Crippen LogP contribution is 2.26. The molecule has 5 rings (SSSR count). The lowest BCUT2D eigenvalue weighted by atomic mass is 10.1. The van der Waals surface area contributed by atoms with Crippen molar-refractivity contribution in [3.8, 4) is 17.1 Å². The van der Waals surface area contributed by atoms with Crippen molar-refractivity contribution in [3.05, 3.63) is 78.5 Å². The normalized spacial score (nSPS) is 12.8. The average molecular weight is 441 g/mol. The smallest absolute Gasteiger partial charge is 0.251 e. The molecule has 0 radical (unpaired) electrons. The molecule has 1 N–H and O–H groups in total. The molecule has 3 heterocycles. The number of benzene rings is 2. The molecule has 0 spiro atoms. The summed E-state index contributed by atoms with van der Waals surface area (Å²) in [5.74, 6) is -0.0491. The van der Waals surface area contributed by atoms with E-state index in [1.165, 1.54) is 16.8 Å². The van der Waals surface area contributed by atoms with Crippen molar-refractivity contribution in [2.24, 2.45) is 4.99 Å². The number of nitrogens with zero attached hydrogens (tertiary/aromatic N) is 6. The number of aromatic nitrogens is 5. The van der Waals surface area contributed by atoms with Gasteiger partial charge in [-0.3, -0.25) is 9.79 Å². The Morgan fingerprint density at radius 2 is 1.97 bits per heavy atom. The second-order valence-corrected chi connectivity index (χ2v) is 7.60. The number of allylic oxidation sites excluding steroid dienone is 1. The lowest BCUT2D eigenvalue weighted by molar-refractivity contribution is 0.0953. The van der Waals surface area contributed by atoms with E-state index in [0.717, 1.165) is 25.0 Å². The summed E-state index contributed by atoms with van der Waals surface area (Å²) < 4.78 is 15.0. The standard InChI is InChI=1S/C24H20FN7O/c25-18-8-5-16(6-9-18)22-23(32-14-13-28-31-32)30-20-10-7-17(15-21(20)29-22)24(33)27-12-2-4-19-3-1-11-26-19/h1,5-11,13-15H,2-4,12H2,(H,27,33). The van der Waals surface area contributed by atoms with Crippen molar-refractivity contribution in [3.63, 3.8) is 0 Å². The van der Waals surface area contributed by atoms with E-state index in [4.69, 9.17) is 4.98 Å². The molecule has 1 amide bonds. The Balaban J connectivity index is 1.41. The third-order valence-electron chi connectivity index (χ3n) is 5.31. The molecule has 0 aliphatic carbocycles. The Labute approximate surface area is 188 Å². The first kappa shape index (κ1) is 20.6. The molecule has 2 aromatic heterocycles. The van der Waals surface area contributed by atoms with Crippen LogP contribution in [0, 0.1) is 5.82 Å². The van der Waals surface area contributed by atoms with Crippen LogP contribution < -0.4 is 5.32 Å². The van der Waals surface area contributed by atoms with Crippen LogP contribution >= 0.6 is 0 Å². The van der Waals surface area contributed by atoms with Crippen LogP contribution in [0.5, 0.6) is 0 Å². The van der Waals surface area contributed by atoms with Crippen LogP contribution in [0.2, 0.25) is 0 Å². The number of halogens is 1. The second-order valence-electron chi connectivity index (χ2n) is 7.60. The predicted molar refractivity (Wildman–Crippen MR) is 123 cm³/mol. The topological polar surface area (TPSA) is 98.0 Å².